The molecule has 184 valence electrons. The number of carbonyl (C=O) groups excluding carboxylic acids is 4. The predicted molar refractivity (Wildman–Crippen MR) is 128 cm³/mol. The highest BCUT2D eigenvalue weighted by molar-refractivity contribution is 6.30. The second kappa shape index (κ2) is 12.6. The summed E-state index contributed by atoms with van der Waals surface area (Å²) in [6.07, 6.45) is 0.162. The Hall–Kier alpha value is -2.61. The van der Waals surface area contributed by atoms with Crippen LogP contribution in [0.25, 0.3) is 0 Å². The van der Waals surface area contributed by atoms with E-state index in [4.69, 9.17) is 16.3 Å². The van der Waals surface area contributed by atoms with E-state index in [9.17, 15) is 19.2 Å². The van der Waals surface area contributed by atoms with Gasteiger partial charge in [0.05, 0.1) is 12.0 Å². The Morgan fingerprint density at radius 2 is 1.64 bits per heavy atom. The van der Waals surface area contributed by atoms with Crippen molar-refractivity contribution in [1.29, 1.82) is 0 Å². The molecule has 0 heterocycles. The Bertz CT molecular complexity index is 837. The van der Waals surface area contributed by atoms with Gasteiger partial charge in [-0.3, -0.25) is 14.4 Å². The lowest BCUT2D eigenvalue weighted by Gasteiger charge is -2.30. The van der Waals surface area contributed by atoms with Crippen LogP contribution in [0.4, 0.5) is 0 Å². The van der Waals surface area contributed by atoms with Gasteiger partial charge in [0.15, 0.2) is 0 Å². The number of hydrogen-bond donors (Lipinski definition) is 2. The fourth-order valence-corrected chi connectivity index (χ4v) is 3.22. The highest BCUT2D eigenvalue weighted by Gasteiger charge is 2.35. The van der Waals surface area contributed by atoms with Gasteiger partial charge in [0.1, 0.15) is 12.1 Å². The SMILES string of the molecule is CCOC(=O)[C@@H](CCC(=O)N(C)C)NC(=O)[C@@H](NC(=O)C(C)(C)c1ccc(Cl)cc1)C(C)C. The fraction of sp³-hybridized carbons (Fsp3) is 0.583. The summed E-state index contributed by atoms with van der Waals surface area (Å²) >= 11 is 5.95. The molecule has 1 rings (SSSR count). The van der Waals surface area contributed by atoms with Gasteiger partial charge in [-0.1, -0.05) is 37.6 Å². The topological polar surface area (TPSA) is 105 Å². The van der Waals surface area contributed by atoms with Crippen LogP contribution in [0.2, 0.25) is 5.02 Å². The average Bonchev–Trinajstić information content (AvgIpc) is 2.74. The Balaban J connectivity index is 2.99. The van der Waals surface area contributed by atoms with Crippen LogP contribution >= 0.6 is 11.6 Å². The van der Waals surface area contributed by atoms with Gasteiger partial charge in [0.2, 0.25) is 17.7 Å². The summed E-state index contributed by atoms with van der Waals surface area (Å²) in [5, 5.41) is 6.04. The molecule has 0 unspecified atom stereocenters. The Kier molecular flexibility index (Phi) is 10.8. The van der Waals surface area contributed by atoms with E-state index >= 15 is 0 Å². The minimum atomic E-state index is -0.997. The summed E-state index contributed by atoms with van der Waals surface area (Å²) in [7, 11) is 3.24. The van der Waals surface area contributed by atoms with Crippen molar-refractivity contribution in [2.24, 2.45) is 5.92 Å². The minimum absolute atomic E-state index is 0.0685. The van der Waals surface area contributed by atoms with Gasteiger partial charge in [-0.25, -0.2) is 4.79 Å². The highest BCUT2D eigenvalue weighted by atomic mass is 35.5. The Morgan fingerprint density at radius 3 is 2.12 bits per heavy atom. The number of halogens is 1. The number of esters is 1. The first kappa shape index (κ1) is 28.4. The first-order valence-corrected chi connectivity index (χ1v) is 11.4. The van der Waals surface area contributed by atoms with Gasteiger partial charge < -0.3 is 20.3 Å². The van der Waals surface area contributed by atoms with E-state index in [1.165, 1.54) is 4.90 Å². The second-order valence-corrected chi connectivity index (χ2v) is 9.40. The quantitative estimate of drug-likeness (QED) is 0.473. The maximum atomic E-state index is 13.1. The van der Waals surface area contributed by atoms with Crippen LogP contribution in [0.1, 0.15) is 53.0 Å². The van der Waals surface area contributed by atoms with Crippen molar-refractivity contribution in [3.63, 3.8) is 0 Å². The molecule has 9 heteroatoms. The van der Waals surface area contributed by atoms with E-state index < -0.39 is 29.4 Å². The van der Waals surface area contributed by atoms with Crippen molar-refractivity contribution in [2.75, 3.05) is 20.7 Å². The summed E-state index contributed by atoms with van der Waals surface area (Å²) in [6, 6.07) is 5.07. The van der Waals surface area contributed by atoms with Crippen LogP contribution < -0.4 is 10.6 Å². The molecule has 0 aliphatic rings. The summed E-state index contributed by atoms with van der Waals surface area (Å²) < 4.78 is 5.06. The third-order valence-electron chi connectivity index (χ3n) is 5.40. The van der Waals surface area contributed by atoms with Crippen molar-refractivity contribution >= 4 is 35.3 Å². The van der Waals surface area contributed by atoms with E-state index in [-0.39, 0.29) is 37.2 Å². The van der Waals surface area contributed by atoms with Crippen molar-refractivity contribution in [3.05, 3.63) is 34.9 Å². The molecule has 3 amide bonds. The van der Waals surface area contributed by atoms with Gasteiger partial charge in [-0.15, -0.1) is 0 Å². The molecule has 0 saturated heterocycles. The second-order valence-electron chi connectivity index (χ2n) is 8.97. The van der Waals surface area contributed by atoms with E-state index in [1.807, 2.05) is 0 Å². The summed E-state index contributed by atoms with van der Waals surface area (Å²) in [6.45, 7) is 8.93. The zero-order valence-corrected chi connectivity index (χ0v) is 21.3. The number of rotatable bonds is 11. The largest absolute Gasteiger partial charge is 0.464 e. The van der Waals surface area contributed by atoms with E-state index in [0.717, 1.165) is 5.56 Å². The average molecular weight is 482 g/mol. The molecular weight excluding hydrogens is 446 g/mol. The Labute approximate surface area is 201 Å². The van der Waals surface area contributed by atoms with E-state index in [2.05, 4.69) is 10.6 Å². The van der Waals surface area contributed by atoms with Crippen LogP contribution in [0.5, 0.6) is 0 Å². The van der Waals surface area contributed by atoms with Gasteiger partial charge >= 0.3 is 5.97 Å². The molecule has 1 aromatic rings. The Morgan fingerprint density at radius 1 is 1.06 bits per heavy atom. The van der Waals surface area contributed by atoms with E-state index in [1.54, 1.807) is 73.0 Å². The number of nitrogens with one attached hydrogen (secondary N) is 2. The third-order valence-corrected chi connectivity index (χ3v) is 5.65. The molecule has 2 N–H and O–H groups in total. The molecule has 0 aliphatic heterocycles. The fourth-order valence-electron chi connectivity index (χ4n) is 3.10. The number of ether oxygens (including phenoxy) is 1. The predicted octanol–water partition coefficient (Wildman–Crippen LogP) is 2.67. The number of hydrogen-bond acceptors (Lipinski definition) is 5. The van der Waals surface area contributed by atoms with Crippen molar-refractivity contribution in [3.8, 4) is 0 Å². The molecule has 0 bridgehead atoms. The van der Waals surface area contributed by atoms with E-state index in [0.29, 0.717) is 5.02 Å². The molecule has 33 heavy (non-hydrogen) atoms. The van der Waals surface area contributed by atoms with Crippen molar-refractivity contribution < 1.29 is 23.9 Å². The highest BCUT2D eigenvalue weighted by Crippen LogP contribution is 2.25. The maximum absolute atomic E-state index is 13.1. The molecular formula is C24H36ClN3O5. The lowest BCUT2D eigenvalue weighted by Crippen LogP contribution is -2.56. The number of nitrogens with zero attached hydrogens (tertiary/aromatic N) is 1. The van der Waals surface area contributed by atoms with Crippen LogP contribution in [-0.2, 0) is 29.3 Å². The molecule has 0 aliphatic carbocycles. The smallest absolute Gasteiger partial charge is 0.328 e. The first-order chi connectivity index (χ1) is 15.3. The zero-order valence-electron chi connectivity index (χ0n) is 20.5. The summed E-state index contributed by atoms with van der Waals surface area (Å²) in [5.74, 6) is -1.89. The monoisotopic (exact) mass is 481 g/mol. The van der Waals surface area contributed by atoms with Crippen molar-refractivity contribution in [1.82, 2.24) is 15.5 Å². The van der Waals surface area contributed by atoms with Crippen molar-refractivity contribution in [2.45, 2.75) is 65.0 Å². The third kappa shape index (κ3) is 8.35. The molecule has 0 spiro atoms. The zero-order chi connectivity index (χ0) is 25.3. The number of carbonyl (C=O) groups is 4. The van der Waals surface area contributed by atoms with Gasteiger partial charge in [-0.05, 0) is 50.8 Å². The lowest BCUT2D eigenvalue weighted by atomic mass is 9.83. The summed E-state index contributed by atoms with van der Waals surface area (Å²) in [4.78, 5) is 52.0. The molecule has 0 radical (unpaired) electrons. The standard InChI is InChI=1S/C24H36ClN3O5/c1-8-33-22(31)18(13-14-19(29)28(6)7)26-21(30)20(15(2)3)27-23(32)24(4,5)16-9-11-17(25)12-10-16/h9-12,15,18,20H,8,13-14H2,1-7H3,(H,26,30)(H,27,32)/t18-,20+/m1/s1. The van der Waals surface area contributed by atoms with Gasteiger partial charge in [-0.2, -0.15) is 0 Å². The molecule has 1 aromatic carbocycles. The number of benzene rings is 1. The van der Waals surface area contributed by atoms with Crippen LogP contribution in [0.15, 0.2) is 24.3 Å². The number of amides is 3. The van der Waals surface area contributed by atoms with Gasteiger partial charge in [0, 0.05) is 25.5 Å². The molecule has 0 fully saturated rings. The minimum Gasteiger partial charge on any atom is -0.464 e. The van der Waals surface area contributed by atoms with Crippen LogP contribution in [0, 0.1) is 5.92 Å². The molecule has 8 nitrogen and oxygen atoms in total. The lowest BCUT2D eigenvalue weighted by molar-refractivity contribution is -0.148. The van der Waals surface area contributed by atoms with Crippen LogP contribution in [-0.4, -0.2) is 61.4 Å². The normalized spacial score (nSPS) is 13.1. The van der Waals surface area contributed by atoms with Gasteiger partial charge in [0.25, 0.3) is 0 Å². The maximum Gasteiger partial charge on any atom is 0.328 e. The first-order valence-electron chi connectivity index (χ1n) is 11.0. The summed E-state index contributed by atoms with van der Waals surface area (Å²) in [5.41, 5.74) is -0.171. The molecule has 0 aromatic heterocycles. The molecule has 2 atom stereocenters. The molecule has 0 saturated carbocycles. The van der Waals surface area contributed by atoms with Crippen LogP contribution in [0.3, 0.4) is 0 Å².